The molecule has 1 aromatic heterocycles. The standard InChI is InChI=1S/C16H19BrN4O2/c1-12-18-19-15(23-12)6-7-20-8-10-21(11-9-20)16(22)13-4-2-3-5-14(13)17/h2-5H,6-11H2,1H3. The molecule has 0 saturated carbocycles. The molecule has 0 radical (unpaired) electrons. The Bertz CT molecular complexity index is 680. The lowest BCUT2D eigenvalue weighted by Crippen LogP contribution is -2.49. The molecular weight excluding hydrogens is 360 g/mol. The summed E-state index contributed by atoms with van der Waals surface area (Å²) in [6, 6.07) is 7.56. The van der Waals surface area contributed by atoms with Crippen LogP contribution >= 0.6 is 15.9 Å². The highest BCUT2D eigenvalue weighted by atomic mass is 79.9. The first-order valence-corrected chi connectivity index (χ1v) is 8.48. The molecule has 1 aliphatic rings. The number of benzene rings is 1. The third-order valence-electron chi connectivity index (χ3n) is 3.97. The second-order valence-corrected chi connectivity index (χ2v) is 6.43. The van der Waals surface area contributed by atoms with Crippen LogP contribution in [0, 0.1) is 6.92 Å². The van der Waals surface area contributed by atoms with E-state index in [0.29, 0.717) is 11.8 Å². The lowest BCUT2D eigenvalue weighted by atomic mass is 10.2. The van der Waals surface area contributed by atoms with Gasteiger partial charge in [-0.15, -0.1) is 10.2 Å². The molecular formula is C16H19BrN4O2. The number of amides is 1. The van der Waals surface area contributed by atoms with Crippen molar-refractivity contribution >= 4 is 21.8 Å². The van der Waals surface area contributed by atoms with Crippen LogP contribution in [0.3, 0.4) is 0 Å². The van der Waals surface area contributed by atoms with Crippen molar-refractivity contribution in [2.45, 2.75) is 13.3 Å². The predicted molar refractivity (Wildman–Crippen MR) is 89.2 cm³/mol. The highest BCUT2D eigenvalue weighted by Gasteiger charge is 2.23. The first-order chi connectivity index (χ1) is 11.1. The Morgan fingerprint density at radius 1 is 1.22 bits per heavy atom. The van der Waals surface area contributed by atoms with Crippen molar-refractivity contribution in [2.24, 2.45) is 0 Å². The number of carbonyl (C=O) groups is 1. The molecule has 122 valence electrons. The highest BCUT2D eigenvalue weighted by Crippen LogP contribution is 2.18. The molecule has 1 fully saturated rings. The number of piperazine rings is 1. The fraction of sp³-hybridized carbons (Fsp3) is 0.438. The lowest BCUT2D eigenvalue weighted by molar-refractivity contribution is 0.0635. The number of carbonyl (C=O) groups excluding carboxylic acids is 1. The number of halogens is 1. The largest absolute Gasteiger partial charge is 0.426 e. The Labute approximate surface area is 143 Å². The Morgan fingerprint density at radius 2 is 1.96 bits per heavy atom. The van der Waals surface area contributed by atoms with E-state index in [1.54, 1.807) is 6.92 Å². The zero-order valence-corrected chi connectivity index (χ0v) is 14.6. The van der Waals surface area contributed by atoms with E-state index in [-0.39, 0.29) is 5.91 Å². The monoisotopic (exact) mass is 378 g/mol. The second kappa shape index (κ2) is 7.23. The summed E-state index contributed by atoms with van der Waals surface area (Å²) in [6.45, 7) is 5.87. The van der Waals surface area contributed by atoms with Gasteiger partial charge in [0.15, 0.2) is 0 Å². The highest BCUT2D eigenvalue weighted by molar-refractivity contribution is 9.10. The summed E-state index contributed by atoms with van der Waals surface area (Å²) in [5.74, 6) is 1.36. The SMILES string of the molecule is Cc1nnc(CCN2CCN(C(=O)c3ccccc3Br)CC2)o1. The summed E-state index contributed by atoms with van der Waals surface area (Å²) in [6.07, 6.45) is 0.749. The summed E-state index contributed by atoms with van der Waals surface area (Å²) in [5, 5.41) is 7.84. The fourth-order valence-electron chi connectivity index (χ4n) is 2.67. The van der Waals surface area contributed by atoms with Gasteiger partial charge >= 0.3 is 0 Å². The summed E-state index contributed by atoms with van der Waals surface area (Å²) in [5.41, 5.74) is 0.724. The topological polar surface area (TPSA) is 62.5 Å². The van der Waals surface area contributed by atoms with Crippen LogP contribution < -0.4 is 0 Å². The van der Waals surface area contributed by atoms with Crippen LogP contribution in [0.2, 0.25) is 0 Å². The van der Waals surface area contributed by atoms with E-state index in [4.69, 9.17) is 4.42 Å². The number of nitrogens with zero attached hydrogens (tertiary/aromatic N) is 4. The van der Waals surface area contributed by atoms with Gasteiger partial charge in [0.1, 0.15) is 0 Å². The molecule has 1 amide bonds. The van der Waals surface area contributed by atoms with Gasteiger partial charge in [-0.2, -0.15) is 0 Å². The normalized spacial score (nSPS) is 15.8. The Kier molecular flexibility index (Phi) is 5.07. The van der Waals surface area contributed by atoms with Gasteiger partial charge in [0, 0.05) is 50.5 Å². The van der Waals surface area contributed by atoms with Gasteiger partial charge in [0.25, 0.3) is 5.91 Å². The molecule has 1 saturated heterocycles. The van der Waals surface area contributed by atoms with Gasteiger partial charge in [-0.3, -0.25) is 9.69 Å². The minimum atomic E-state index is 0.0876. The summed E-state index contributed by atoms with van der Waals surface area (Å²) < 4.78 is 6.23. The summed E-state index contributed by atoms with van der Waals surface area (Å²) in [7, 11) is 0. The molecule has 0 bridgehead atoms. The molecule has 23 heavy (non-hydrogen) atoms. The van der Waals surface area contributed by atoms with E-state index in [9.17, 15) is 4.79 Å². The van der Waals surface area contributed by atoms with E-state index in [0.717, 1.165) is 49.2 Å². The van der Waals surface area contributed by atoms with Crippen LogP contribution in [-0.2, 0) is 6.42 Å². The van der Waals surface area contributed by atoms with Gasteiger partial charge in [-0.1, -0.05) is 12.1 Å². The lowest BCUT2D eigenvalue weighted by Gasteiger charge is -2.34. The Hall–Kier alpha value is -1.73. The van der Waals surface area contributed by atoms with Crippen LogP contribution in [0.15, 0.2) is 33.2 Å². The quantitative estimate of drug-likeness (QED) is 0.815. The molecule has 7 heteroatoms. The van der Waals surface area contributed by atoms with Crippen molar-refractivity contribution in [3.05, 3.63) is 46.1 Å². The Balaban J connectivity index is 1.50. The molecule has 1 aliphatic heterocycles. The molecule has 0 atom stereocenters. The van der Waals surface area contributed by atoms with Crippen molar-refractivity contribution in [2.75, 3.05) is 32.7 Å². The number of hydrogen-bond donors (Lipinski definition) is 0. The Morgan fingerprint density at radius 3 is 2.61 bits per heavy atom. The molecule has 3 rings (SSSR count). The van der Waals surface area contributed by atoms with Gasteiger partial charge in [-0.05, 0) is 28.1 Å². The van der Waals surface area contributed by atoms with E-state index in [2.05, 4.69) is 31.0 Å². The number of aryl methyl sites for hydroxylation is 1. The van der Waals surface area contributed by atoms with Gasteiger partial charge in [0.05, 0.1) is 5.56 Å². The number of hydrogen-bond acceptors (Lipinski definition) is 5. The maximum Gasteiger partial charge on any atom is 0.255 e. The zero-order valence-electron chi connectivity index (χ0n) is 13.0. The molecule has 0 aliphatic carbocycles. The predicted octanol–water partition coefficient (Wildman–Crippen LogP) is 2.14. The molecule has 0 N–H and O–H groups in total. The van der Waals surface area contributed by atoms with Gasteiger partial charge in [-0.25, -0.2) is 0 Å². The van der Waals surface area contributed by atoms with Crippen LogP contribution in [0.4, 0.5) is 0 Å². The summed E-state index contributed by atoms with van der Waals surface area (Å²) in [4.78, 5) is 16.8. The van der Waals surface area contributed by atoms with Gasteiger partial charge < -0.3 is 9.32 Å². The van der Waals surface area contributed by atoms with E-state index in [1.807, 2.05) is 29.2 Å². The van der Waals surface area contributed by atoms with Gasteiger partial charge in [0.2, 0.25) is 11.8 Å². The van der Waals surface area contributed by atoms with Crippen LogP contribution in [0.1, 0.15) is 22.1 Å². The molecule has 6 nitrogen and oxygen atoms in total. The average Bonchev–Trinajstić information content (AvgIpc) is 2.99. The van der Waals surface area contributed by atoms with E-state index >= 15 is 0 Å². The second-order valence-electron chi connectivity index (χ2n) is 5.58. The third-order valence-corrected chi connectivity index (χ3v) is 4.67. The fourth-order valence-corrected chi connectivity index (χ4v) is 3.13. The number of rotatable bonds is 4. The molecule has 2 heterocycles. The first-order valence-electron chi connectivity index (χ1n) is 7.68. The van der Waals surface area contributed by atoms with Crippen LogP contribution in [0.5, 0.6) is 0 Å². The maximum absolute atomic E-state index is 12.6. The molecule has 2 aromatic rings. The van der Waals surface area contributed by atoms with Crippen molar-refractivity contribution in [1.29, 1.82) is 0 Å². The summed E-state index contributed by atoms with van der Waals surface area (Å²) >= 11 is 3.45. The first kappa shape index (κ1) is 16.1. The number of aromatic nitrogens is 2. The van der Waals surface area contributed by atoms with E-state index in [1.165, 1.54) is 0 Å². The van der Waals surface area contributed by atoms with Crippen molar-refractivity contribution < 1.29 is 9.21 Å². The van der Waals surface area contributed by atoms with Crippen LogP contribution in [0.25, 0.3) is 0 Å². The average molecular weight is 379 g/mol. The minimum absolute atomic E-state index is 0.0876. The van der Waals surface area contributed by atoms with Crippen LogP contribution in [-0.4, -0.2) is 58.6 Å². The van der Waals surface area contributed by atoms with Crippen molar-refractivity contribution in [1.82, 2.24) is 20.0 Å². The third kappa shape index (κ3) is 3.97. The van der Waals surface area contributed by atoms with Crippen molar-refractivity contribution in [3.8, 4) is 0 Å². The van der Waals surface area contributed by atoms with Crippen molar-refractivity contribution in [3.63, 3.8) is 0 Å². The molecule has 0 unspecified atom stereocenters. The molecule has 1 aromatic carbocycles. The minimum Gasteiger partial charge on any atom is -0.426 e. The smallest absolute Gasteiger partial charge is 0.255 e. The zero-order chi connectivity index (χ0) is 16.2. The van der Waals surface area contributed by atoms with E-state index < -0.39 is 0 Å². The maximum atomic E-state index is 12.6. The molecule has 0 spiro atoms.